The summed E-state index contributed by atoms with van der Waals surface area (Å²) in [5, 5.41) is 8.47. The zero-order valence-electron chi connectivity index (χ0n) is 13.0. The van der Waals surface area contributed by atoms with Crippen LogP contribution in [0.3, 0.4) is 0 Å². The summed E-state index contributed by atoms with van der Waals surface area (Å²) >= 11 is 4.39. The van der Waals surface area contributed by atoms with E-state index >= 15 is 0 Å². The molecule has 0 spiro atoms. The first kappa shape index (κ1) is 15.3. The maximum absolute atomic E-state index is 4.69. The molecule has 2 heterocycles. The lowest BCUT2D eigenvalue weighted by atomic mass is 9.94. The average molecular weight is 415 g/mol. The largest absolute Gasteiger partial charge is 0.375 e. The molecule has 114 valence electrons. The van der Waals surface area contributed by atoms with Crippen molar-refractivity contribution in [3.8, 4) is 0 Å². The Morgan fingerprint density at radius 2 is 2.19 bits per heavy atom. The van der Waals surface area contributed by atoms with E-state index in [4.69, 9.17) is 5.10 Å². The van der Waals surface area contributed by atoms with Gasteiger partial charge in [0.25, 0.3) is 0 Å². The Balaban J connectivity index is 1.91. The molecule has 5 heteroatoms. The van der Waals surface area contributed by atoms with Crippen molar-refractivity contribution in [3.63, 3.8) is 0 Å². The van der Waals surface area contributed by atoms with Crippen LogP contribution < -0.4 is 5.32 Å². The van der Waals surface area contributed by atoms with Gasteiger partial charge in [-0.25, -0.2) is 0 Å². The minimum Gasteiger partial charge on any atom is -0.375 e. The highest BCUT2D eigenvalue weighted by atomic mass is 127. The number of halogens is 1. The van der Waals surface area contributed by atoms with Crippen LogP contribution in [0.4, 0.5) is 5.69 Å². The molecule has 21 heavy (non-hydrogen) atoms. The number of hydrogen-bond donors (Lipinski definition) is 1. The molecule has 1 atom stereocenters. The molecular weight excluding hydrogens is 393 g/mol. The minimum atomic E-state index is 0.406. The Hall–Kier alpha value is -0.560. The summed E-state index contributed by atoms with van der Waals surface area (Å²) in [4.78, 5) is 1.56. The van der Waals surface area contributed by atoms with Crippen molar-refractivity contribution in [1.29, 1.82) is 0 Å². The van der Waals surface area contributed by atoms with Crippen LogP contribution >= 0.6 is 33.9 Å². The summed E-state index contributed by atoms with van der Waals surface area (Å²) < 4.78 is 3.52. The third kappa shape index (κ3) is 2.86. The highest BCUT2D eigenvalue weighted by molar-refractivity contribution is 14.1. The molecule has 0 aliphatic heterocycles. The van der Waals surface area contributed by atoms with E-state index in [0.717, 1.165) is 5.69 Å². The quantitative estimate of drug-likeness (QED) is 0.696. The van der Waals surface area contributed by atoms with Crippen LogP contribution in [0, 0.1) is 16.7 Å². The van der Waals surface area contributed by atoms with Gasteiger partial charge in [-0.3, -0.25) is 4.68 Å². The Labute approximate surface area is 144 Å². The third-order valence-corrected chi connectivity index (χ3v) is 6.19. The van der Waals surface area contributed by atoms with E-state index in [1.54, 1.807) is 4.88 Å². The van der Waals surface area contributed by atoms with Crippen molar-refractivity contribution in [1.82, 2.24) is 9.78 Å². The number of rotatable bonds is 3. The second-order valence-corrected chi connectivity index (χ2v) is 9.13. The van der Waals surface area contributed by atoms with Crippen LogP contribution in [0.15, 0.2) is 6.07 Å². The lowest BCUT2D eigenvalue weighted by molar-refractivity contribution is 0.516. The maximum Gasteiger partial charge on any atom is 0.0828 e. The van der Waals surface area contributed by atoms with Crippen molar-refractivity contribution < 1.29 is 0 Å². The summed E-state index contributed by atoms with van der Waals surface area (Å²) in [7, 11) is 0. The standard InChI is InChI=1S/C16H22IN3S/c1-9(2)20-11(4)16(10(3)19-20)18-13-6-5-7-14-12(13)8-15(17)21-14/h8-9,13,18H,5-7H2,1-4H3. The molecule has 1 aliphatic carbocycles. The van der Waals surface area contributed by atoms with Crippen molar-refractivity contribution in [2.24, 2.45) is 0 Å². The van der Waals surface area contributed by atoms with Gasteiger partial charge in [-0.2, -0.15) is 5.10 Å². The van der Waals surface area contributed by atoms with Crippen molar-refractivity contribution in [3.05, 3.63) is 30.8 Å². The molecule has 2 aromatic heterocycles. The van der Waals surface area contributed by atoms with Gasteiger partial charge in [-0.1, -0.05) is 0 Å². The van der Waals surface area contributed by atoms with Gasteiger partial charge in [-0.15, -0.1) is 11.3 Å². The van der Waals surface area contributed by atoms with Crippen molar-refractivity contribution >= 4 is 39.6 Å². The summed E-state index contributed by atoms with van der Waals surface area (Å²) in [6.07, 6.45) is 3.73. The molecule has 1 unspecified atom stereocenters. The van der Waals surface area contributed by atoms with Crippen LogP contribution in [0.25, 0.3) is 0 Å². The number of nitrogens with one attached hydrogen (secondary N) is 1. The Bertz CT molecular complexity index is 657. The van der Waals surface area contributed by atoms with Gasteiger partial charge in [0.1, 0.15) is 0 Å². The monoisotopic (exact) mass is 415 g/mol. The maximum atomic E-state index is 4.69. The topological polar surface area (TPSA) is 29.9 Å². The van der Waals surface area contributed by atoms with E-state index in [9.17, 15) is 0 Å². The first-order valence-corrected chi connectivity index (χ1v) is 9.47. The summed E-state index contributed by atoms with van der Waals surface area (Å²) in [5.41, 5.74) is 5.09. The van der Waals surface area contributed by atoms with E-state index in [2.05, 4.69) is 66.4 Å². The van der Waals surface area contributed by atoms with Gasteiger partial charge in [0.2, 0.25) is 0 Å². The fourth-order valence-electron chi connectivity index (χ4n) is 3.22. The number of hydrogen-bond acceptors (Lipinski definition) is 3. The first-order valence-electron chi connectivity index (χ1n) is 7.57. The van der Waals surface area contributed by atoms with Gasteiger partial charge in [-0.05, 0) is 81.2 Å². The second kappa shape index (κ2) is 5.91. The average Bonchev–Trinajstić information content (AvgIpc) is 2.93. The Morgan fingerprint density at radius 1 is 1.43 bits per heavy atom. The zero-order valence-corrected chi connectivity index (χ0v) is 16.0. The van der Waals surface area contributed by atoms with E-state index < -0.39 is 0 Å². The Kier molecular flexibility index (Phi) is 4.32. The molecule has 0 saturated carbocycles. The molecule has 0 saturated heterocycles. The molecule has 1 N–H and O–H groups in total. The molecule has 2 aromatic rings. The molecule has 3 rings (SSSR count). The SMILES string of the molecule is Cc1nn(C(C)C)c(C)c1NC1CCCc2sc(I)cc21. The smallest absolute Gasteiger partial charge is 0.0828 e. The van der Waals surface area contributed by atoms with Gasteiger partial charge in [0.05, 0.1) is 26.0 Å². The fourth-order valence-corrected chi connectivity index (χ4v) is 5.34. The van der Waals surface area contributed by atoms with Gasteiger partial charge < -0.3 is 5.32 Å². The van der Waals surface area contributed by atoms with Crippen molar-refractivity contribution in [2.45, 2.75) is 59.0 Å². The minimum absolute atomic E-state index is 0.406. The lowest BCUT2D eigenvalue weighted by Gasteiger charge is -2.25. The highest BCUT2D eigenvalue weighted by Gasteiger charge is 2.24. The van der Waals surface area contributed by atoms with Crippen LogP contribution in [-0.2, 0) is 6.42 Å². The van der Waals surface area contributed by atoms with Crippen molar-refractivity contribution in [2.75, 3.05) is 5.32 Å². The molecule has 1 aliphatic rings. The molecule has 3 nitrogen and oxygen atoms in total. The fraction of sp³-hybridized carbons (Fsp3) is 0.562. The van der Waals surface area contributed by atoms with Crippen LogP contribution in [0.1, 0.15) is 60.6 Å². The van der Waals surface area contributed by atoms with Crippen LogP contribution in [0.2, 0.25) is 0 Å². The number of fused-ring (bicyclic) bond motifs is 1. The summed E-state index contributed by atoms with van der Waals surface area (Å²) in [6, 6.07) is 3.20. The summed E-state index contributed by atoms with van der Waals surface area (Å²) in [6.45, 7) is 8.64. The highest BCUT2D eigenvalue weighted by Crippen LogP contribution is 2.39. The molecule has 0 radical (unpaired) electrons. The molecule has 0 fully saturated rings. The second-order valence-electron chi connectivity index (χ2n) is 6.10. The number of aromatic nitrogens is 2. The first-order chi connectivity index (χ1) is 9.97. The Morgan fingerprint density at radius 3 is 2.86 bits per heavy atom. The normalized spacial score (nSPS) is 18.1. The lowest BCUT2D eigenvalue weighted by Crippen LogP contribution is -2.16. The molecular formula is C16H22IN3S. The number of aryl methyl sites for hydroxylation is 2. The predicted octanol–water partition coefficient (Wildman–Crippen LogP) is 5.24. The zero-order chi connectivity index (χ0) is 15.1. The van der Waals surface area contributed by atoms with E-state index in [-0.39, 0.29) is 0 Å². The van der Waals surface area contributed by atoms with Gasteiger partial charge in [0.15, 0.2) is 0 Å². The van der Waals surface area contributed by atoms with Crippen LogP contribution in [-0.4, -0.2) is 9.78 Å². The predicted molar refractivity (Wildman–Crippen MR) is 98.4 cm³/mol. The van der Waals surface area contributed by atoms with E-state index in [0.29, 0.717) is 12.1 Å². The summed E-state index contributed by atoms with van der Waals surface area (Å²) in [5.74, 6) is 0. The number of nitrogens with zero attached hydrogens (tertiary/aromatic N) is 2. The molecule has 0 bridgehead atoms. The van der Waals surface area contributed by atoms with E-state index in [1.807, 2.05) is 11.3 Å². The van der Waals surface area contributed by atoms with Gasteiger partial charge >= 0.3 is 0 Å². The third-order valence-electron chi connectivity index (χ3n) is 4.22. The number of anilines is 1. The van der Waals surface area contributed by atoms with Crippen LogP contribution in [0.5, 0.6) is 0 Å². The molecule has 0 aromatic carbocycles. The van der Waals surface area contributed by atoms with Gasteiger partial charge in [0, 0.05) is 10.9 Å². The molecule has 0 amide bonds. The van der Waals surface area contributed by atoms with E-state index in [1.165, 1.54) is 39.1 Å². The number of thiophene rings is 1.